The molecule has 54 valence electrons. The lowest BCUT2D eigenvalue weighted by molar-refractivity contribution is 0.884. The molecule has 1 rings (SSSR count). The van der Waals surface area contributed by atoms with Crippen molar-refractivity contribution in [3.8, 4) is 0 Å². The molecule has 1 aromatic carbocycles. The van der Waals surface area contributed by atoms with Crippen LogP contribution in [-0.2, 0) is 0 Å². The van der Waals surface area contributed by atoms with E-state index in [2.05, 4.69) is 43.8 Å². The molecular weight excluding hydrogens is 140 g/mol. The molecular formula is C9H12S. The van der Waals surface area contributed by atoms with Gasteiger partial charge in [-0.15, -0.1) is 0 Å². The summed E-state index contributed by atoms with van der Waals surface area (Å²) in [6.07, 6.45) is 0. The maximum absolute atomic E-state index is 4.23. The van der Waals surface area contributed by atoms with E-state index in [0.717, 1.165) is 5.75 Å². The van der Waals surface area contributed by atoms with Gasteiger partial charge >= 0.3 is 0 Å². The lowest BCUT2D eigenvalue weighted by Crippen LogP contribution is -1.92. The molecule has 0 spiro atoms. The van der Waals surface area contributed by atoms with Gasteiger partial charge in [-0.25, -0.2) is 0 Å². The average molecular weight is 152 g/mol. The molecule has 0 amide bonds. The minimum atomic E-state index is 0.574. The lowest BCUT2D eigenvalue weighted by atomic mass is 10.0. The second-order valence-electron chi connectivity index (χ2n) is 2.49. The highest BCUT2D eigenvalue weighted by atomic mass is 32.1. The zero-order chi connectivity index (χ0) is 7.40. The van der Waals surface area contributed by atoms with E-state index in [1.165, 1.54) is 5.56 Å². The van der Waals surface area contributed by atoms with Gasteiger partial charge in [-0.3, -0.25) is 0 Å². The number of rotatable bonds is 2. The average Bonchev–Trinajstić information content (AvgIpc) is 2.05. The van der Waals surface area contributed by atoms with Gasteiger partial charge in [0.1, 0.15) is 0 Å². The smallest absolute Gasteiger partial charge is 0.00315 e. The van der Waals surface area contributed by atoms with Crippen LogP contribution in [0.1, 0.15) is 18.4 Å². The first-order chi connectivity index (χ1) is 4.84. The highest BCUT2D eigenvalue weighted by Crippen LogP contribution is 2.14. The van der Waals surface area contributed by atoms with E-state index in [0.29, 0.717) is 5.92 Å². The van der Waals surface area contributed by atoms with Crippen LogP contribution in [0.4, 0.5) is 0 Å². The molecule has 0 saturated heterocycles. The van der Waals surface area contributed by atoms with Crippen LogP contribution >= 0.6 is 12.6 Å². The van der Waals surface area contributed by atoms with Crippen molar-refractivity contribution in [1.29, 1.82) is 0 Å². The second kappa shape index (κ2) is 3.67. The molecule has 0 nitrogen and oxygen atoms in total. The van der Waals surface area contributed by atoms with Gasteiger partial charge in [0.15, 0.2) is 0 Å². The molecule has 0 aromatic heterocycles. The predicted octanol–water partition coefficient (Wildman–Crippen LogP) is 2.72. The second-order valence-corrected chi connectivity index (χ2v) is 2.86. The Labute approximate surface area is 67.7 Å². The molecule has 0 N–H and O–H groups in total. The van der Waals surface area contributed by atoms with Gasteiger partial charge in [0.2, 0.25) is 0 Å². The Bertz CT molecular complexity index is 181. The molecule has 0 aliphatic carbocycles. The van der Waals surface area contributed by atoms with Crippen molar-refractivity contribution in [3.05, 3.63) is 35.9 Å². The largest absolute Gasteiger partial charge is 0.179 e. The third-order valence-corrected chi connectivity index (χ3v) is 2.19. The van der Waals surface area contributed by atoms with Crippen molar-refractivity contribution < 1.29 is 0 Å². The monoisotopic (exact) mass is 152 g/mol. The summed E-state index contributed by atoms with van der Waals surface area (Å²) in [5, 5.41) is 0. The van der Waals surface area contributed by atoms with Gasteiger partial charge in [-0.2, -0.15) is 12.6 Å². The fraction of sp³-hybridized carbons (Fsp3) is 0.333. The van der Waals surface area contributed by atoms with Crippen molar-refractivity contribution in [2.24, 2.45) is 0 Å². The zero-order valence-corrected chi connectivity index (χ0v) is 7.01. The van der Waals surface area contributed by atoms with Crippen LogP contribution in [-0.4, -0.2) is 5.75 Å². The third-order valence-electron chi connectivity index (χ3n) is 1.64. The van der Waals surface area contributed by atoms with E-state index in [4.69, 9.17) is 0 Å². The zero-order valence-electron chi connectivity index (χ0n) is 6.12. The van der Waals surface area contributed by atoms with E-state index >= 15 is 0 Å². The SMILES string of the molecule is CC(CS)c1ccccc1. The molecule has 0 bridgehead atoms. The van der Waals surface area contributed by atoms with Crippen LogP contribution < -0.4 is 0 Å². The van der Waals surface area contributed by atoms with Crippen molar-refractivity contribution in [3.63, 3.8) is 0 Å². The summed E-state index contributed by atoms with van der Waals surface area (Å²) in [5.74, 6) is 1.49. The van der Waals surface area contributed by atoms with Crippen LogP contribution in [0.25, 0.3) is 0 Å². The molecule has 0 radical (unpaired) electrons. The number of thiol groups is 1. The summed E-state index contributed by atoms with van der Waals surface area (Å²) in [5.41, 5.74) is 1.37. The van der Waals surface area contributed by atoms with E-state index < -0.39 is 0 Å². The van der Waals surface area contributed by atoms with Crippen LogP contribution in [0, 0.1) is 0 Å². The summed E-state index contributed by atoms with van der Waals surface area (Å²) >= 11 is 4.23. The van der Waals surface area contributed by atoms with Crippen LogP contribution in [0.5, 0.6) is 0 Å². The molecule has 0 heterocycles. The van der Waals surface area contributed by atoms with Gasteiger partial charge in [0, 0.05) is 0 Å². The molecule has 0 aliphatic rings. The minimum Gasteiger partial charge on any atom is -0.179 e. The van der Waals surface area contributed by atoms with Crippen LogP contribution in [0.3, 0.4) is 0 Å². The maximum Gasteiger partial charge on any atom is -0.00315 e. The molecule has 10 heavy (non-hydrogen) atoms. The molecule has 1 aromatic rings. The third kappa shape index (κ3) is 1.77. The van der Waals surface area contributed by atoms with Gasteiger partial charge < -0.3 is 0 Å². The lowest BCUT2D eigenvalue weighted by Gasteiger charge is -2.06. The fourth-order valence-corrected chi connectivity index (χ4v) is 1.10. The van der Waals surface area contributed by atoms with E-state index in [9.17, 15) is 0 Å². The van der Waals surface area contributed by atoms with Crippen LogP contribution in [0.15, 0.2) is 30.3 Å². The number of benzene rings is 1. The van der Waals surface area contributed by atoms with Gasteiger partial charge in [-0.1, -0.05) is 37.3 Å². The van der Waals surface area contributed by atoms with Crippen molar-refractivity contribution in [2.75, 3.05) is 5.75 Å². The first kappa shape index (κ1) is 7.67. The highest BCUT2D eigenvalue weighted by molar-refractivity contribution is 7.80. The summed E-state index contributed by atoms with van der Waals surface area (Å²) in [6.45, 7) is 2.18. The minimum absolute atomic E-state index is 0.574. The normalized spacial score (nSPS) is 13.0. The van der Waals surface area contributed by atoms with E-state index in [1.54, 1.807) is 0 Å². The summed E-state index contributed by atoms with van der Waals surface area (Å²) in [4.78, 5) is 0. The topological polar surface area (TPSA) is 0 Å². The Kier molecular flexibility index (Phi) is 2.82. The predicted molar refractivity (Wildman–Crippen MR) is 48.7 cm³/mol. The standard InChI is InChI=1S/C9H12S/c1-8(7-10)9-5-3-2-4-6-9/h2-6,8,10H,7H2,1H3. The first-order valence-electron chi connectivity index (χ1n) is 3.50. The summed E-state index contributed by atoms with van der Waals surface area (Å²) < 4.78 is 0. The number of hydrogen-bond acceptors (Lipinski definition) is 1. The summed E-state index contributed by atoms with van der Waals surface area (Å²) in [6, 6.07) is 10.4. The Hall–Kier alpha value is -0.430. The molecule has 1 unspecified atom stereocenters. The highest BCUT2D eigenvalue weighted by Gasteiger charge is 1.99. The van der Waals surface area contributed by atoms with Crippen molar-refractivity contribution in [2.45, 2.75) is 12.8 Å². The Morgan fingerprint density at radius 2 is 1.90 bits per heavy atom. The van der Waals surface area contributed by atoms with Gasteiger partial charge in [-0.05, 0) is 17.2 Å². The Balaban J connectivity index is 2.75. The fourth-order valence-electron chi connectivity index (χ4n) is 0.887. The first-order valence-corrected chi connectivity index (χ1v) is 4.13. The number of hydrogen-bond donors (Lipinski definition) is 1. The molecule has 0 saturated carbocycles. The maximum atomic E-state index is 4.23. The van der Waals surface area contributed by atoms with E-state index in [-0.39, 0.29) is 0 Å². The van der Waals surface area contributed by atoms with Gasteiger partial charge in [0.05, 0.1) is 0 Å². The Morgan fingerprint density at radius 1 is 1.30 bits per heavy atom. The Morgan fingerprint density at radius 3 is 2.40 bits per heavy atom. The quantitative estimate of drug-likeness (QED) is 0.619. The van der Waals surface area contributed by atoms with Crippen molar-refractivity contribution >= 4 is 12.6 Å². The van der Waals surface area contributed by atoms with Crippen LogP contribution in [0.2, 0.25) is 0 Å². The summed E-state index contributed by atoms with van der Waals surface area (Å²) in [7, 11) is 0. The molecule has 0 fully saturated rings. The van der Waals surface area contributed by atoms with Gasteiger partial charge in [0.25, 0.3) is 0 Å². The van der Waals surface area contributed by atoms with Crippen molar-refractivity contribution in [1.82, 2.24) is 0 Å². The van der Waals surface area contributed by atoms with E-state index in [1.807, 2.05) is 6.07 Å². The molecule has 1 atom stereocenters. The molecule has 1 heteroatoms. The molecule has 0 aliphatic heterocycles.